The molecule has 2 aromatic heterocycles. The number of benzene rings is 2. The lowest BCUT2D eigenvalue weighted by atomic mass is 10.2. The number of nitrogens with one attached hydrogen (secondary N) is 5. The first-order chi connectivity index (χ1) is 17.7. The highest BCUT2D eigenvalue weighted by Gasteiger charge is 2.41. The highest BCUT2D eigenvalue weighted by atomic mass is 16.6. The van der Waals surface area contributed by atoms with E-state index in [0.717, 1.165) is 54.7 Å². The number of hydrogen-bond donors (Lipinski definition) is 5. The summed E-state index contributed by atoms with van der Waals surface area (Å²) < 4.78 is 11.3. The smallest absolute Gasteiger partial charge is 0.272 e. The molecular formula is C27H28N6O3. The minimum absolute atomic E-state index is 0.0219. The number of epoxide rings is 1. The zero-order chi connectivity index (χ0) is 24.3. The van der Waals surface area contributed by atoms with Crippen LogP contribution in [-0.2, 0) is 9.47 Å². The van der Waals surface area contributed by atoms with Gasteiger partial charge in [-0.15, -0.1) is 0 Å². The molecule has 2 atom stereocenters. The van der Waals surface area contributed by atoms with E-state index in [0.29, 0.717) is 5.69 Å². The molecule has 4 heterocycles. The van der Waals surface area contributed by atoms with Crippen LogP contribution in [0.3, 0.4) is 0 Å². The molecule has 5 N–H and O–H groups in total. The fourth-order valence-corrected chi connectivity index (χ4v) is 4.31. The maximum absolute atomic E-state index is 12.2. The third kappa shape index (κ3) is 5.07. The van der Waals surface area contributed by atoms with Gasteiger partial charge in [-0.1, -0.05) is 0 Å². The Bertz CT molecular complexity index is 1290. The molecule has 0 spiro atoms. The molecule has 1 amide bonds. The molecule has 0 saturated carbocycles. The Hall–Kier alpha value is -4.21. The van der Waals surface area contributed by atoms with Gasteiger partial charge >= 0.3 is 0 Å². The molecule has 36 heavy (non-hydrogen) atoms. The summed E-state index contributed by atoms with van der Waals surface area (Å²) >= 11 is 0. The molecule has 9 heteroatoms. The van der Waals surface area contributed by atoms with E-state index in [9.17, 15) is 4.79 Å². The van der Waals surface area contributed by atoms with Crippen LogP contribution >= 0.6 is 0 Å². The summed E-state index contributed by atoms with van der Waals surface area (Å²) in [5.41, 5.74) is 6.43. The maximum Gasteiger partial charge on any atom is 0.272 e. The minimum atomic E-state index is -0.167. The van der Waals surface area contributed by atoms with Crippen molar-refractivity contribution in [1.29, 1.82) is 0 Å². The molecule has 2 aromatic carbocycles. The van der Waals surface area contributed by atoms with E-state index in [1.54, 1.807) is 18.3 Å². The molecule has 6 rings (SSSR count). The number of rotatable bonds is 8. The minimum Gasteiger partial charge on any atom is -0.378 e. The Balaban J connectivity index is 0.996. The van der Waals surface area contributed by atoms with Gasteiger partial charge in [0.25, 0.3) is 5.91 Å². The molecule has 2 aliphatic rings. The number of morpholine rings is 1. The van der Waals surface area contributed by atoms with E-state index in [1.807, 2.05) is 54.7 Å². The summed E-state index contributed by atoms with van der Waals surface area (Å²) in [5, 5.41) is 9.69. The van der Waals surface area contributed by atoms with Crippen molar-refractivity contribution >= 4 is 34.3 Å². The van der Waals surface area contributed by atoms with Gasteiger partial charge in [0.05, 0.1) is 24.6 Å². The fraction of sp³-hybridized carbons (Fsp3) is 0.222. The number of amides is 1. The van der Waals surface area contributed by atoms with Crippen LogP contribution in [-0.4, -0.2) is 48.4 Å². The Morgan fingerprint density at radius 3 is 2.28 bits per heavy atom. The third-order valence-corrected chi connectivity index (χ3v) is 6.33. The number of aromatic amines is 2. The van der Waals surface area contributed by atoms with Gasteiger partial charge in [-0.2, -0.15) is 0 Å². The van der Waals surface area contributed by atoms with Crippen molar-refractivity contribution in [2.75, 3.05) is 47.2 Å². The van der Waals surface area contributed by atoms with Gasteiger partial charge in [-0.05, 0) is 66.7 Å². The highest BCUT2D eigenvalue weighted by molar-refractivity contribution is 6.03. The quantitative estimate of drug-likeness (QED) is 0.232. The first kappa shape index (κ1) is 22.3. The monoisotopic (exact) mass is 484 g/mol. The number of nitrogens with zero attached hydrogens (tertiary/aromatic N) is 1. The average molecular weight is 485 g/mol. The fourth-order valence-electron chi connectivity index (χ4n) is 4.31. The predicted molar refractivity (Wildman–Crippen MR) is 140 cm³/mol. The second kappa shape index (κ2) is 9.80. The molecule has 9 nitrogen and oxygen atoms in total. The molecule has 2 saturated heterocycles. The molecule has 0 aliphatic carbocycles. The van der Waals surface area contributed by atoms with Crippen LogP contribution in [0.15, 0.2) is 79.1 Å². The van der Waals surface area contributed by atoms with Crippen LogP contribution < -0.4 is 20.9 Å². The predicted octanol–water partition coefficient (Wildman–Crippen LogP) is 4.68. The van der Waals surface area contributed by atoms with Crippen molar-refractivity contribution in [1.82, 2.24) is 9.97 Å². The van der Waals surface area contributed by atoms with E-state index in [4.69, 9.17) is 9.47 Å². The summed E-state index contributed by atoms with van der Waals surface area (Å²) in [6.45, 7) is 3.38. The van der Waals surface area contributed by atoms with Crippen LogP contribution in [0.2, 0.25) is 0 Å². The first-order valence-electron chi connectivity index (χ1n) is 12.1. The Morgan fingerprint density at radius 1 is 0.889 bits per heavy atom. The lowest BCUT2D eigenvalue weighted by Crippen LogP contribution is -2.35. The van der Waals surface area contributed by atoms with Crippen LogP contribution in [0, 0.1) is 0 Å². The molecule has 2 unspecified atom stereocenters. The topological polar surface area (TPSA) is 110 Å². The molecule has 184 valence electrons. The number of ether oxygens (including phenoxy) is 2. The number of carbonyl (C=O) groups excluding carboxylic acids is 1. The van der Waals surface area contributed by atoms with E-state index in [1.165, 1.54) is 5.69 Å². The van der Waals surface area contributed by atoms with Gasteiger partial charge in [0.1, 0.15) is 11.8 Å². The number of anilines is 5. The summed E-state index contributed by atoms with van der Waals surface area (Å²) in [4.78, 5) is 20.7. The summed E-state index contributed by atoms with van der Waals surface area (Å²) in [6, 6.07) is 21.4. The SMILES string of the molecule is O=C(Nc1ccc(Nc2ccc(NC3OC3c3cc(N4CCOCC4)c[nH]3)cc2)cc1)c1ccc[nH]1. The van der Waals surface area contributed by atoms with Gasteiger partial charge < -0.3 is 40.3 Å². The van der Waals surface area contributed by atoms with Gasteiger partial charge in [0, 0.05) is 48.2 Å². The molecular weight excluding hydrogens is 456 g/mol. The largest absolute Gasteiger partial charge is 0.378 e. The van der Waals surface area contributed by atoms with E-state index in [-0.39, 0.29) is 18.2 Å². The van der Waals surface area contributed by atoms with Crippen LogP contribution in [0.4, 0.5) is 28.4 Å². The maximum atomic E-state index is 12.2. The summed E-state index contributed by atoms with van der Waals surface area (Å²) in [6.07, 6.45) is 3.74. The van der Waals surface area contributed by atoms with Gasteiger partial charge in [-0.25, -0.2) is 0 Å². The molecule has 0 bridgehead atoms. The van der Waals surface area contributed by atoms with Crippen molar-refractivity contribution in [3.8, 4) is 0 Å². The number of carbonyl (C=O) groups is 1. The first-order valence-corrected chi connectivity index (χ1v) is 12.1. The second-order valence-electron chi connectivity index (χ2n) is 8.85. The lowest BCUT2D eigenvalue weighted by molar-refractivity contribution is 0.102. The molecule has 0 radical (unpaired) electrons. The van der Waals surface area contributed by atoms with E-state index in [2.05, 4.69) is 36.9 Å². The van der Waals surface area contributed by atoms with E-state index < -0.39 is 0 Å². The van der Waals surface area contributed by atoms with Crippen LogP contribution in [0.25, 0.3) is 0 Å². The third-order valence-electron chi connectivity index (χ3n) is 6.33. The lowest BCUT2D eigenvalue weighted by Gasteiger charge is -2.27. The van der Waals surface area contributed by atoms with Crippen molar-refractivity contribution in [2.24, 2.45) is 0 Å². The summed E-state index contributed by atoms with van der Waals surface area (Å²) in [7, 11) is 0. The Morgan fingerprint density at radius 2 is 1.58 bits per heavy atom. The molecule has 4 aromatic rings. The molecule has 2 aliphatic heterocycles. The Kier molecular flexibility index (Phi) is 6.06. The molecule has 2 fully saturated rings. The van der Waals surface area contributed by atoms with Crippen molar-refractivity contribution in [2.45, 2.75) is 12.3 Å². The van der Waals surface area contributed by atoms with Crippen molar-refractivity contribution < 1.29 is 14.3 Å². The number of hydrogen-bond acceptors (Lipinski definition) is 6. The zero-order valence-electron chi connectivity index (χ0n) is 19.7. The van der Waals surface area contributed by atoms with Gasteiger partial charge in [0.2, 0.25) is 0 Å². The van der Waals surface area contributed by atoms with Gasteiger partial charge in [-0.3, -0.25) is 4.79 Å². The number of aromatic nitrogens is 2. The Labute approximate surface area is 208 Å². The van der Waals surface area contributed by atoms with Crippen molar-refractivity contribution in [3.05, 3.63) is 90.5 Å². The average Bonchev–Trinajstić information content (AvgIpc) is 3.29. The van der Waals surface area contributed by atoms with Gasteiger partial charge in [0.15, 0.2) is 6.23 Å². The second-order valence-corrected chi connectivity index (χ2v) is 8.85. The number of H-pyrrole nitrogens is 2. The highest BCUT2D eigenvalue weighted by Crippen LogP contribution is 2.40. The van der Waals surface area contributed by atoms with E-state index >= 15 is 0 Å². The summed E-state index contributed by atoms with van der Waals surface area (Å²) in [5.74, 6) is -0.167. The normalized spacial score (nSPS) is 19.1. The standard InChI is InChI=1S/C27H28N6O3/c34-26(23-2-1-11-28-23)31-20-7-3-18(4-8-20)30-19-5-9-21(10-6-19)32-27-25(36-27)24-16-22(17-29-24)33-12-14-35-15-13-33/h1-11,16-17,25,27-30,32H,12-15H2,(H,31,34). The zero-order valence-corrected chi connectivity index (χ0v) is 19.7. The van der Waals surface area contributed by atoms with Crippen LogP contribution in [0.1, 0.15) is 22.3 Å². The van der Waals surface area contributed by atoms with Crippen molar-refractivity contribution in [3.63, 3.8) is 0 Å². The van der Waals surface area contributed by atoms with Crippen LogP contribution in [0.5, 0.6) is 0 Å².